The number of amides is 1. The molecule has 1 atom stereocenters. The minimum atomic E-state index is -0.0565. The van der Waals surface area contributed by atoms with Gasteiger partial charge >= 0.3 is 0 Å². The lowest BCUT2D eigenvalue weighted by molar-refractivity contribution is 0.0929. The maximum atomic E-state index is 12.1. The molecule has 19 heavy (non-hydrogen) atoms. The second-order valence-electron chi connectivity index (χ2n) is 4.45. The number of nitrogens with one attached hydrogen (secondary N) is 1. The number of hydrogen-bond donors (Lipinski definition) is 2. The Morgan fingerprint density at radius 2 is 2.32 bits per heavy atom. The van der Waals surface area contributed by atoms with Crippen molar-refractivity contribution >= 4 is 18.3 Å². The van der Waals surface area contributed by atoms with Crippen LogP contribution in [0, 0.1) is 0 Å². The van der Waals surface area contributed by atoms with Crippen molar-refractivity contribution in [2.45, 2.75) is 31.8 Å². The molecule has 1 aromatic rings. The van der Waals surface area contributed by atoms with Gasteiger partial charge in [-0.1, -0.05) is 0 Å². The van der Waals surface area contributed by atoms with Gasteiger partial charge in [-0.3, -0.25) is 9.78 Å². The molecule has 106 valence electrons. The van der Waals surface area contributed by atoms with Crippen molar-refractivity contribution < 1.29 is 9.53 Å². The highest BCUT2D eigenvalue weighted by Crippen LogP contribution is 2.09. The van der Waals surface area contributed by atoms with Gasteiger partial charge in [0.25, 0.3) is 5.91 Å². The van der Waals surface area contributed by atoms with Gasteiger partial charge in [0.05, 0.1) is 5.69 Å². The highest BCUT2D eigenvalue weighted by Gasteiger charge is 2.16. The monoisotopic (exact) mass is 285 g/mol. The van der Waals surface area contributed by atoms with E-state index in [1.54, 1.807) is 18.3 Å². The van der Waals surface area contributed by atoms with E-state index in [0.717, 1.165) is 38.2 Å². The van der Waals surface area contributed by atoms with Crippen molar-refractivity contribution in [1.82, 2.24) is 10.3 Å². The van der Waals surface area contributed by atoms with Gasteiger partial charge in [-0.05, 0) is 31.4 Å². The topological polar surface area (TPSA) is 77.2 Å². The van der Waals surface area contributed by atoms with E-state index < -0.39 is 0 Å². The molecule has 1 unspecified atom stereocenters. The highest BCUT2D eigenvalue weighted by molar-refractivity contribution is 5.94. The third-order valence-electron chi connectivity index (χ3n) is 3.08. The Bertz CT molecular complexity index is 407. The Balaban J connectivity index is 0.00000180. The number of carbonyl (C=O) groups excluding carboxylic acids is 1. The van der Waals surface area contributed by atoms with Crippen molar-refractivity contribution in [2.75, 3.05) is 13.2 Å². The molecule has 1 saturated heterocycles. The van der Waals surface area contributed by atoms with E-state index in [1.807, 2.05) is 0 Å². The van der Waals surface area contributed by atoms with Gasteiger partial charge in [0, 0.05) is 37.6 Å². The molecule has 0 spiro atoms. The van der Waals surface area contributed by atoms with Crippen LogP contribution in [-0.4, -0.2) is 30.1 Å². The highest BCUT2D eigenvalue weighted by atomic mass is 35.5. The number of nitrogens with two attached hydrogens (primary N) is 1. The van der Waals surface area contributed by atoms with Gasteiger partial charge in [-0.15, -0.1) is 12.4 Å². The van der Waals surface area contributed by atoms with Crippen LogP contribution in [0.1, 0.15) is 35.3 Å². The first-order valence-electron chi connectivity index (χ1n) is 6.33. The fourth-order valence-corrected chi connectivity index (χ4v) is 2.05. The Hall–Kier alpha value is -1.17. The summed E-state index contributed by atoms with van der Waals surface area (Å²) < 4.78 is 5.37. The van der Waals surface area contributed by atoms with Crippen LogP contribution in [0.2, 0.25) is 0 Å². The van der Waals surface area contributed by atoms with Crippen LogP contribution in [0.25, 0.3) is 0 Å². The molecule has 1 aromatic heterocycles. The molecular weight excluding hydrogens is 266 g/mol. The molecule has 0 aliphatic carbocycles. The van der Waals surface area contributed by atoms with E-state index in [-0.39, 0.29) is 24.4 Å². The minimum absolute atomic E-state index is 0. The first-order valence-corrected chi connectivity index (χ1v) is 6.33. The molecule has 0 bridgehead atoms. The molecule has 1 fully saturated rings. The summed E-state index contributed by atoms with van der Waals surface area (Å²) in [6, 6.07) is 3.65. The summed E-state index contributed by atoms with van der Waals surface area (Å²) in [5, 5.41) is 3.04. The van der Waals surface area contributed by atoms with Crippen LogP contribution in [0.3, 0.4) is 0 Å². The van der Waals surface area contributed by atoms with Gasteiger partial charge < -0.3 is 15.8 Å². The number of ether oxygens (including phenoxy) is 1. The summed E-state index contributed by atoms with van der Waals surface area (Å²) in [5.41, 5.74) is 6.86. The number of halogens is 1. The van der Waals surface area contributed by atoms with E-state index in [4.69, 9.17) is 10.5 Å². The van der Waals surface area contributed by atoms with Crippen LogP contribution in [-0.2, 0) is 11.3 Å². The van der Waals surface area contributed by atoms with E-state index in [9.17, 15) is 4.79 Å². The molecule has 1 aliphatic rings. The van der Waals surface area contributed by atoms with Crippen molar-refractivity contribution in [3.63, 3.8) is 0 Å². The Kier molecular flexibility index (Phi) is 6.77. The van der Waals surface area contributed by atoms with Crippen LogP contribution in [0.15, 0.2) is 18.3 Å². The van der Waals surface area contributed by atoms with Gasteiger partial charge in [0.15, 0.2) is 0 Å². The van der Waals surface area contributed by atoms with Gasteiger partial charge in [0.1, 0.15) is 0 Å². The van der Waals surface area contributed by atoms with Crippen molar-refractivity contribution in [2.24, 2.45) is 5.73 Å². The van der Waals surface area contributed by atoms with Crippen LogP contribution >= 0.6 is 12.4 Å². The fraction of sp³-hybridized carbons (Fsp3) is 0.538. The number of rotatable bonds is 3. The first-order chi connectivity index (χ1) is 8.79. The molecule has 1 aliphatic heterocycles. The third kappa shape index (κ3) is 4.78. The molecular formula is C13H20ClN3O2. The smallest absolute Gasteiger partial charge is 0.251 e. The molecule has 0 saturated carbocycles. The molecule has 2 rings (SSSR count). The van der Waals surface area contributed by atoms with Crippen molar-refractivity contribution in [3.05, 3.63) is 29.6 Å². The maximum Gasteiger partial charge on any atom is 0.251 e. The summed E-state index contributed by atoms with van der Waals surface area (Å²) >= 11 is 0. The number of carbonyl (C=O) groups is 1. The van der Waals surface area contributed by atoms with Crippen molar-refractivity contribution in [3.8, 4) is 0 Å². The number of nitrogens with zero attached hydrogens (tertiary/aromatic N) is 1. The molecule has 2 heterocycles. The van der Waals surface area contributed by atoms with Gasteiger partial charge in [0.2, 0.25) is 0 Å². The average Bonchev–Trinajstić information content (AvgIpc) is 2.67. The predicted molar refractivity (Wildman–Crippen MR) is 75.3 cm³/mol. The summed E-state index contributed by atoms with van der Waals surface area (Å²) in [4.78, 5) is 16.1. The Morgan fingerprint density at radius 1 is 1.47 bits per heavy atom. The summed E-state index contributed by atoms with van der Waals surface area (Å²) in [6.07, 6.45) is 4.46. The van der Waals surface area contributed by atoms with Gasteiger partial charge in [-0.2, -0.15) is 0 Å². The molecule has 1 amide bonds. The SMILES string of the molecule is Cl.NCc1cc(C(=O)NC2CCCOCC2)ccn1. The van der Waals surface area contributed by atoms with Crippen molar-refractivity contribution in [1.29, 1.82) is 0 Å². The number of hydrogen-bond acceptors (Lipinski definition) is 4. The predicted octanol–water partition coefficient (Wildman–Crippen LogP) is 1.26. The fourth-order valence-electron chi connectivity index (χ4n) is 2.05. The normalized spacial score (nSPS) is 19.1. The van der Waals surface area contributed by atoms with Crippen LogP contribution in [0.4, 0.5) is 0 Å². The summed E-state index contributed by atoms with van der Waals surface area (Å²) in [6.45, 7) is 1.85. The molecule has 0 radical (unpaired) electrons. The second kappa shape index (κ2) is 8.09. The zero-order chi connectivity index (χ0) is 12.8. The largest absolute Gasteiger partial charge is 0.381 e. The number of pyridine rings is 1. The van der Waals surface area contributed by atoms with Gasteiger partial charge in [-0.25, -0.2) is 0 Å². The Labute approximate surface area is 119 Å². The van der Waals surface area contributed by atoms with E-state index in [1.165, 1.54) is 0 Å². The van der Waals surface area contributed by atoms with Crippen LogP contribution in [0.5, 0.6) is 0 Å². The van der Waals surface area contributed by atoms with Crippen LogP contribution < -0.4 is 11.1 Å². The maximum absolute atomic E-state index is 12.1. The molecule has 6 heteroatoms. The summed E-state index contributed by atoms with van der Waals surface area (Å²) in [5.74, 6) is -0.0565. The lowest BCUT2D eigenvalue weighted by Gasteiger charge is -2.15. The third-order valence-corrected chi connectivity index (χ3v) is 3.08. The van der Waals surface area contributed by atoms with E-state index in [0.29, 0.717) is 12.1 Å². The average molecular weight is 286 g/mol. The Morgan fingerprint density at radius 3 is 3.11 bits per heavy atom. The molecule has 0 aromatic carbocycles. The standard InChI is InChI=1S/C13H19N3O2.ClH/c14-9-12-8-10(3-5-15-12)13(17)16-11-2-1-6-18-7-4-11;/h3,5,8,11H,1-2,4,6-7,9,14H2,(H,16,17);1H. The lowest BCUT2D eigenvalue weighted by Crippen LogP contribution is -2.35. The quantitative estimate of drug-likeness (QED) is 0.876. The minimum Gasteiger partial charge on any atom is -0.381 e. The number of aromatic nitrogens is 1. The zero-order valence-electron chi connectivity index (χ0n) is 10.8. The molecule has 5 nitrogen and oxygen atoms in total. The lowest BCUT2D eigenvalue weighted by atomic mass is 10.1. The second-order valence-corrected chi connectivity index (χ2v) is 4.45. The zero-order valence-corrected chi connectivity index (χ0v) is 11.6. The first kappa shape index (κ1) is 15.9. The summed E-state index contributed by atoms with van der Waals surface area (Å²) in [7, 11) is 0. The van der Waals surface area contributed by atoms with E-state index >= 15 is 0 Å². The molecule has 3 N–H and O–H groups in total. The van der Waals surface area contributed by atoms with E-state index in [2.05, 4.69) is 10.3 Å².